The van der Waals surface area contributed by atoms with Crippen LogP contribution in [0.4, 0.5) is 0 Å². The van der Waals surface area contributed by atoms with Crippen LogP contribution in [0.15, 0.2) is 48.6 Å². The summed E-state index contributed by atoms with van der Waals surface area (Å²) in [4.78, 5) is 23.2. The third kappa shape index (κ3) is 2.69. The van der Waals surface area contributed by atoms with Gasteiger partial charge in [-0.2, -0.15) is 0 Å². The van der Waals surface area contributed by atoms with Gasteiger partial charge in [0.15, 0.2) is 5.78 Å². The first-order valence-electron chi connectivity index (χ1n) is 6.03. The summed E-state index contributed by atoms with van der Waals surface area (Å²) in [5.41, 5.74) is 0.515. The maximum atomic E-state index is 12.1. The van der Waals surface area contributed by atoms with Crippen molar-refractivity contribution in [2.24, 2.45) is 0 Å². The van der Waals surface area contributed by atoms with Crippen molar-refractivity contribution in [2.75, 3.05) is 14.2 Å². The van der Waals surface area contributed by atoms with Gasteiger partial charge in [0, 0.05) is 17.0 Å². The van der Waals surface area contributed by atoms with Crippen LogP contribution in [0.5, 0.6) is 5.75 Å². The molecule has 0 aliphatic rings. The van der Waals surface area contributed by atoms with E-state index in [1.807, 2.05) is 24.3 Å². The van der Waals surface area contributed by atoms with Gasteiger partial charge in [-0.15, -0.1) is 0 Å². The maximum absolute atomic E-state index is 12.1. The average Bonchev–Trinajstić information content (AvgIpc) is 2.51. The van der Waals surface area contributed by atoms with Gasteiger partial charge in [-0.25, -0.2) is 4.79 Å². The number of carbonyl (C=O) groups excluding carboxylic acids is 2. The van der Waals surface area contributed by atoms with E-state index in [0.29, 0.717) is 11.3 Å². The molecule has 2 rings (SSSR count). The first-order chi connectivity index (χ1) is 9.67. The molecular formula is C16H14O4. The molecule has 2 aromatic carbocycles. The van der Waals surface area contributed by atoms with Crippen LogP contribution < -0.4 is 4.74 Å². The van der Waals surface area contributed by atoms with Crippen molar-refractivity contribution in [2.45, 2.75) is 0 Å². The third-order valence-corrected chi connectivity index (χ3v) is 2.94. The van der Waals surface area contributed by atoms with E-state index in [2.05, 4.69) is 4.74 Å². The number of methoxy groups -OCH3 is 2. The van der Waals surface area contributed by atoms with Crippen LogP contribution in [0.25, 0.3) is 10.8 Å². The van der Waals surface area contributed by atoms with Gasteiger partial charge in [0.2, 0.25) is 0 Å². The summed E-state index contributed by atoms with van der Waals surface area (Å²) in [6, 6.07) is 10.9. The zero-order valence-corrected chi connectivity index (χ0v) is 11.3. The van der Waals surface area contributed by atoms with Crippen molar-refractivity contribution < 1.29 is 19.1 Å². The van der Waals surface area contributed by atoms with Crippen LogP contribution in [0, 0.1) is 0 Å². The molecule has 0 atom stereocenters. The number of rotatable bonds is 4. The number of benzene rings is 2. The largest absolute Gasteiger partial charge is 0.496 e. The molecule has 0 aromatic heterocycles. The lowest BCUT2D eigenvalue weighted by molar-refractivity contribution is -0.134. The summed E-state index contributed by atoms with van der Waals surface area (Å²) in [5, 5.41) is 1.64. The van der Waals surface area contributed by atoms with E-state index in [0.717, 1.165) is 16.8 Å². The highest BCUT2D eigenvalue weighted by Gasteiger charge is 2.10. The molecule has 0 N–H and O–H groups in total. The summed E-state index contributed by atoms with van der Waals surface area (Å²) < 4.78 is 9.74. The molecule has 0 amide bonds. The van der Waals surface area contributed by atoms with Crippen molar-refractivity contribution >= 4 is 22.5 Å². The van der Waals surface area contributed by atoms with E-state index in [1.165, 1.54) is 13.2 Å². The molecule has 0 saturated carbocycles. The van der Waals surface area contributed by atoms with Gasteiger partial charge in [0.1, 0.15) is 5.75 Å². The number of hydrogen-bond acceptors (Lipinski definition) is 4. The monoisotopic (exact) mass is 270 g/mol. The molecule has 20 heavy (non-hydrogen) atoms. The molecule has 0 aliphatic carbocycles. The normalized spacial score (nSPS) is 10.7. The number of ketones is 1. The van der Waals surface area contributed by atoms with Gasteiger partial charge in [-0.3, -0.25) is 4.79 Å². The topological polar surface area (TPSA) is 52.6 Å². The summed E-state index contributed by atoms with van der Waals surface area (Å²) in [7, 11) is 2.85. The quantitative estimate of drug-likeness (QED) is 0.487. The molecule has 4 heteroatoms. The first-order valence-corrected chi connectivity index (χ1v) is 6.03. The Labute approximate surface area is 116 Å². The molecular weight excluding hydrogens is 256 g/mol. The summed E-state index contributed by atoms with van der Waals surface area (Å²) in [5.74, 6) is -0.112. The second kappa shape index (κ2) is 6.02. The van der Waals surface area contributed by atoms with E-state index in [1.54, 1.807) is 19.2 Å². The van der Waals surface area contributed by atoms with Crippen LogP contribution in [0.2, 0.25) is 0 Å². The predicted octanol–water partition coefficient (Wildman–Crippen LogP) is 2.76. The summed E-state index contributed by atoms with van der Waals surface area (Å²) in [6.45, 7) is 0. The average molecular weight is 270 g/mol. The minimum atomic E-state index is -0.559. The third-order valence-electron chi connectivity index (χ3n) is 2.94. The van der Waals surface area contributed by atoms with E-state index in [4.69, 9.17) is 4.74 Å². The van der Waals surface area contributed by atoms with Gasteiger partial charge in [-0.1, -0.05) is 24.3 Å². The van der Waals surface area contributed by atoms with Crippen molar-refractivity contribution in [1.29, 1.82) is 0 Å². The van der Waals surface area contributed by atoms with E-state index in [-0.39, 0.29) is 5.78 Å². The van der Waals surface area contributed by atoms with E-state index >= 15 is 0 Å². The van der Waals surface area contributed by atoms with Gasteiger partial charge in [-0.05, 0) is 23.6 Å². The van der Waals surface area contributed by atoms with Crippen LogP contribution >= 0.6 is 0 Å². The highest BCUT2D eigenvalue weighted by atomic mass is 16.5. The lowest BCUT2D eigenvalue weighted by Crippen LogP contribution is -2.00. The Morgan fingerprint density at radius 3 is 2.30 bits per heavy atom. The van der Waals surface area contributed by atoms with Crippen molar-refractivity contribution in [1.82, 2.24) is 0 Å². The SMILES string of the molecule is COC(=O)/C=C/C(=O)c1ccc(OC)c2ccccc12. The number of carbonyl (C=O) groups is 2. The molecule has 0 fully saturated rings. The fourth-order valence-corrected chi connectivity index (χ4v) is 1.97. The number of fused-ring (bicyclic) bond motifs is 1. The second-order valence-electron chi connectivity index (χ2n) is 4.08. The van der Waals surface area contributed by atoms with Crippen molar-refractivity contribution in [3.63, 3.8) is 0 Å². The van der Waals surface area contributed by atoms with Gasteiger partial charge >= 0.3 is 5.97 Å². The Morgan fingerprint density at radius 2 is 1.65 bits per heavy atom. The zero-order chi connectivity index (χ0) is 14.5. The van der Waals surface area contributed by atoms with E-state index < -0.39 is 5.97 Å². The first kappa shape index (κ1) is 13.8. The number of esters is 1. The fraction of sp³-hybridized carbons (Fsp3) is 0.125. The number of ether oxygens (including phenoxy) is 2. The summed E-state index contributed by atoms with van der Waals surface area (Å²) >= 11 is 0. The molecule has 2 aromatic rings. The Kier molecular flexibility index (Phi) is 4.15. The van der Waals surface area contributed by atoms with Crippen LogP contribution in [0.3, 0.4) is 0 Å². The second-order valence-corrected chi connectivity index (χ2v) is 4.08. The lowest BCUT2D eigenvalue weighted by Gasteiger charge is -2.08. The Morgan fingerprint density at radius 1 is 0.950 bits per heavy atom. The van der Waals surface area contributed by atoms with Crippen molar-refractivity contribution in [3.05, 3.63) is 54.1 Å². The van der Waals surface area contributed by atoms with Gasteiger partial charge in [0.05, 0.1) is 14.2 Å². The molecule has 0 bridgehead atoms. The van der Waals surface area contributed by atoms with E-state index in [9.17, 15) is 9.59 Å². The van der Waals surface area contributed by atoms with Crippen molar-refractivity contribution in [3.8, 4) is 5.75 Å². The zero-order valence-electron chi connectivity index (χ0n) is 11.3. The maximum Gasteiger partial charge on any atom is 0.330 e. The smallest absolute Gasteiger partial charge is 0.330 e. The predicted molar refractivity (Wildman–Crippen MR) is 76.0 cm³/mol. The van der Waals surface area contributed by atoms with Crippen LogP contribution in [0.1, 0.15) is 10.4 Å². The van der Waals surface area contributed by atoms with Crippen LogP contribution in [-0.2, 0) is 9.53 Å². The molecule has 0 spiro atoms. The minimum absolute atomic E-state index is 0.255. The van der Waals surface area contributed by atoms with Gasteiger partial charge < -0.3 is 9.47 Å². The fourth-order valence-electron chi connectivity index (χ4n) is 1.97. The number of hydrogen-bond donors (Lipinski definition) is 0. The molecule has 4 nitrogen and oxygen atoms in total. The Balaban J connectivity index is 2.48. The molecule has 0 aliphatic heterocycles. The van der Waals surface area contributed by atoms with Crippen LogP contribution in [-0.4, -0.2) is 26.0 Å². The summed E-state index contributed by atoms with van der Waals surface area (Å²) in [6.07, 6.45) is 2.32. The molecule has 0 unspecified atom stereocenters. The molecule has 102 valence electrons. The standard InChI is InChI=1S/C16H14O4/c1-19-15-9-7-12(11-5-3-4-6-13(11)15)14(17)8-10-16(18)20-2/h3-10H,1-2H3/b10-8+. The number of allylic oxidation sites excluding steroid dienone is 1. The molecule has 0 radical (unpaired) electrons. The minimum Gasteiger partial charge on any atom is -0.496 e. The Bertz CT molecular complexity index is 686. The molecule has 0 heterocycles. The van der Waals surface area contributed by atoms with Gasteiger partial charge in [0.25, 0.3) is 0 Å². The highest BCUT2D eigenvalue weighted by molar-refractivity contribution is 6.15. The highest BCUT2D eigenvalue weighted by Crippen LogP contribution is 2.28. The Hall–Kier alpha value is -2.62. The lowest BCUT2D eigenvalue weighted by atomic mass is 10.0. The molecule has 0 saturated heterocycles.